The van der Waals surface area contributed by atoms with Gasteiger partial charge in [-0.05, 0) is 48.5 Å². The summed E-state index contributed by atoms with van der Waals surface area (Å²) in [5.74, 6) is 0.836. The maximum absolute atomic E-state index is 4.69. The van der Waals surface area contributed by atoms with Crippen LogP contribution in [0.5, 0.6) is 0 Å². The molecule has 5 heteroatoms. The first-order chi connectivity index (χ1) is 11.3. The summed E-state index contributed by atoms with van der Waals surface area (Å²) in [6.45, 7) is 2.07. The fraction of sp³-hybridized carbons (Fsp3) is 0.333. The SMILES string of the molecule is CNc1cncc(C2CCCN2Cc2ccc3[nH]ccc3c2)n1. The zero-order valence-electron chi connectivity index (χ0n) is 13.3. The Hall–Kier alpha value is -2.40. The predicted octanol–water partition coefficient (Wildman–Crippen LogP) is 3.34. The Bertz CT molecular complexity index is 810. The van der Waals surface area contributed by atoms with E-state index in [0.717, 1.165) is 31.0 Å². The molecule has 23 heavy (non-hydrogen) atoms. The van der Waals surface area contributed by atoms with Crippen molar-refractivity contribution in [2.24, 2.45) is 0 Å². The van der Waals surface area contributed by atoms with Gasteiger partial charge in [0, 0.05) is 25.3 Å². The van der Waals surface area contributed by atoms with Crippen molar-refractivity contribution < 1.29 is 0 Å². The third-order valence-corrected chi connectivity index (χ3v) is 4.62. The van der Waals surface area contributed by atoms with Gasteiger partial charge >= 0.3 is 0 Å². The summed E-state index contributed by atoms with van der Waals surface area (Å²) >= 11 is 0. The van der Waals surface area contributed by atoms with Crippen LogP contribution in [0.15, 0.2) is 42.9 Å². The van der Waals surface area contributed by atoms with Gasteiger partial charge in [0.1, 0.15) is 5.82 Å². The molecule has 0 saturated carbocycles. The van der Waals surface area contributed by atoms with E-state index in [2.05, 4.69) is 49.4 Å². The summed E-state index contributed by atoms with van der Waals surface area (Å²) in [5.41, 5.74) is 3.61. The van der Waals surface area contributed by atoms with Gasteiger partial charge in [-0.25, -0.2) is 4.98 Å². The van der Waals surface area contributed by atoms with E-state index in [1.54, 1.807) is 6.20 Å². The monoisotopic (exact) mass is 307 g/mol. The molecule has 1 unspecified atom stereocenters. The van der Waals surface area contributed by atoms with Gasteiger partial charge in [-0.1, -0.05) is 6.07 Å². The van der Waals surface area contributed by atoms with E-state index in [-0.39, 0.29) is 0 Å². The molecule has 1 aromatic carbocycles. The summed E-state index contributed by atoms with van der Waals surface area (Å²) in [6.07, 6.45) is 8.02. The molecule has 5 nitrogen and oxygen atoms in total. The fourth-order valence-corrected chi connectivity index (χ4v) is 3.45. The molecule has 118 valence electrons. The maximum atomic E-state index is 4.69. The minimum Gasteiger partial charge on any atom is -0.372 e. The lowest BCUT2D eigenvalue weighted by atomic mass is 10.1. The molecule has 0 amide bonds. The van der Waals surface area contributed by atoms with Gasteiger partial charge < -0.3 is 10.3 Å². The van der Waals surface area contributed by atoms with E-state index in [1.807, 2.05) is 19.4 Å². The third kappa shape index (κ3) is 2.80. The Morgan fingerprint density at radius 2 is 2.26 bits per heavy atom. The summed E-state index contributed by atoms with van der Waals surface area (Å²) in [6, 6.07) is 9.14. The Morgan fingerprint density at radius 1 is 1.30 bits per heavy atom. The number of benzene rings is 1. The molecule has 0 spiro atoms. The van der Waals surface area contributed by atoms with Crippen molar-refractivity contribution in [1.82, 2.24) is 19.9 Å². The van der Waals surface area contributed by atoms with E-state index in [4.69, 9.17) is 0 Å². The Labute approximate surface area is 135 Å². The van der Waals surface area contributed by atoms with Gasteiger partial charge in [0.05, 0.1) is 24.1 Å². The number of hydrogen-bond donors (Lipinski definition) is 2. The van der Waals surface area contributed by atoms with Crippen LogP contribution in [0, 0.1) is 0 Å². The van der Waals surface area contributed by atoms with Crippen molar-refractivity contribution >= 4 is 16.7 Å². The van der Waals surface area contributed by atoms with Gasteiger partial charge in [0.15, 0.2) is 0 Å². The zero-order valence-corrected chi connectivity index (χ0v) is 13.3. The number of anilines is 1. The third-order valence-electron chi connectivity index (χ3n) is 4.62. The zero-order chi connectivity index (χ0) is 15.6. The average molecular weight is 307 g/mol. The Morgan fingerprint density at radius 3 is 3.17 bits per heavy atom. The number of aromatic nitrogens is 3. The number of nitrogens with zero attached hydrogens (tertiary/aromatic N) is 3. The molecule has 0 aliphatic carbocycles. The maximum Gasteiger partial charge on any atom is 0.144 e. The topological polar surface area (TPSA) is 56.8 Å². The van der Waals surface area contributed by atoms with Crippen molar-refractivity contribution in [3.8, 4) is 0 Å². The number of fused-ring (bicyclic) bond motifs is 1. The van der Waals surface area contributed by atoms with Gasteiger partial charge in [-0.2, -0.15) is 0 Å². The molecular weight excluding hydrogens is 286 g/mol. The summed E-state index contributed by atoms with van der Waals surface area (Å²) in [5, 5.41) is 4.35. The molecule has 2 aromatic heterocycles. The first-order valence-electron chi connectivity index (χ1n) is 8.13. The molecule has 1 fully saturated rings. The molecule has 1 aliphatic heterocycles. The number of rotatable bonds is 4. The quantitative estimate of drug-likeness (QED) is 0.776. The lowest BCUT2D eigenvalue weighted by Crippen LogP contribution is -2.23. The Balaban J connectivity index is 1.57. The van der Waals surface area contributed by atoms with E-state index >= 15 is 0 Å². The van der Waals surface area contributed by atoms with Crippen molar-refractivity contribution in [2.75, 3.05) is 18.9 Å². The molecule has 3 heterocycles. The van der Waals surface area contributed by atoms with Crippen LogP contribution in [0.4, 0.5) is 5.82 Å². The highest BCUT2D eigenvalue weighted by Crippen LogP contribution is 2.32. The Kier molecular flexibility index (Phi) is 3.71. The number of hydrogen-bond acceptors (Lipinski definition) is 4. The standard InChI is InChI=1S/C18H21N5/c1-19-18-11-20-10-16(22-18)17-3-2-8-23(17)12-13-4-5-15-14(9-13)6-7-21-15/h4-7,9-11,17,21H,2-3,8,12H2,1H3,(H,19,22). The van der Waals surface area contributed by atoms with Crippen LogP contribution < -0.4 is 5.32 Å². The normalized spacial score (nSPS) is 18.6. The molecule has 1 saturated heterocycles. The van der Waals surface area contributed by atoms with E-state index in [0.29, 0.717) is 6.04 Å². The van der Waals surface area contributed by atoms with Gasteiger partial charge in [-0.3, -0.25) is 9.88 Å². The smallest absolute Gasteiger partial charge is 0.144 e. The molecule has 4 rings (SSSR count). The number of nitrogens with one attached hydrogen (secondary N) is 2. The largest absolute Gasteiger partial charge is 0.372 e. The molecule has 2 N–H and O–H groups in total. The molecular formula is C18H21N5. The highest BCUT2D eigenvalue weighted by atomic mass is 15.2. The predicted molar refractivity (Wildman–Crippen MR) is 92.3 cm³/mol. The van der Waals surface area contributed by atoms with Crippen LogP contribution in [0.3, 0.4) is 0 Å². The second-order valence-corrected chi connectivity index (χ2v) is 6.11. The molecule has 0 bridgehead atoms. The van der Waals surface area contributed by atoms with E-state index < -0.39 is 0 Å². The highest BCUT2D eigenvalue weighted by molar-refractivity contribution is 5.79. The van der Waals surface area contributed by atoms with Crippen LogP contribution in [0.1, 0.15) is 30.1 Å². The summed E-state index contributed by atoms with van der Waals surface area (Å²) in [4.78, 5) is 14.8. The van der Waals surface area contributed by atoms with Crippen LogP contribution in [0.2, 0.25) is 0 Å². The van der Waals surface area contributed by atoms with E-state index in [9.17, 15) is 0 Å². The van der Waals surface area contributed by atoms with Crippen molar-refractivity contribution in [3.05, 3.63) is 54.1 Å². The van der Waals surface area contributed by atoms with Crippen molar-refractivity contribution in [1.29, 1.82) is 0 Å². The van der Waals surface area contributed by atoms with Gasteiger partial charge in [-0.15, -0.1) is 0 Å². The molecule has 1 atom stereocenters. The van der Waals surface area contributed by atoms with Gasteiger partial charge in [0.25, 0.3) is 0 Å². The van der Waals surface area contributed by atoms with Crippen LogP contribution in [0.25, 0.3) is 10.9 Å². The van der Waals surface area contributed by atoms with E-state index in [1.165, 1.54) is 22.9 Å². The lowest BCUT2D eigenvalue weighted by molar-refractivity contribution is 0.244. The highest BCUT2D eigenvalue weighted by Gasteiger charge is 2.27. The summed E-state index contributed by atoms with van der Waals surface area (Å²) < 4.78 is 0. The van der Waals surface area contributed by atoms with Crippen molar-refractivity contribution in [3.63, 3.8) is 0 Å². The second-order valence-electron chi connectivity index (χ2n) is 6.11. The van der Waals surface area contributed by atoms with Gasteiger partial charge in [0.2, 0.25) is 0 Å². The number of aromatic amines is 1. The second kappa shape index (κ2) is 6.01. The fourth-order valence-electron chi connectivity index (χ4n) is 3.45. The lowest BCUT2D eigenvalue weighted by Gasteiger charge is -2.24. The molecule has 1 aliphatic rings. The average Bonchev–Trinajstić information content (AvgIpc) is 3.23. The van der Waals surface area contributed by atoms with Crippen LogP contribution >= 0.6 is 0 Å². The minimum absolute atomic E-state index is 0.359. The van der Waals surface area contributed by atoms with Crippen molar-refractivity contribution in [2.45, 2.75) is 25.4 Å². The summed E-state index contributed by atoms with van der Waals surface area (Å²) in [7, 11) is 1.88. The molecule has 3 aromatic rings. The number of H-pyrrole nitrogens is 1. The molecule has 0 radical (unpaired) electrons. The van der Waals surface area contributed by atoms with Crippen LogP contribution in [-0.4, -0.2) is 33.4 Å². The number of likely N-dealkylation sites (tertiary alicyclic amines) is 1. The first kappa shape index (κ1) is 14.2. The minimum atomic E-state index is 0.359. The first-order valence-corrected chi connectivity index (χ1v) is 8.13. The van der Waals surface area contributed by atoms with Crippen LogP contribution in [-0.2, 0) is 6.54 Å².